The van der Waals surface area contributed by atoms with Gasteiger partial charge >= 0.3 is 0 Å². The highest BCUT2D eigenvalue weighted by Gasteiger charge is 2.13. The fraction of sp³-hybridized carbons (Fsp3) is 0.143. The summed E-state index contributed by atoms with van der Waals surface area (Å²) < 4.78 is 0. The van der Waals surface area contributed by atoms with E-state index in [1.807, 2.05) is 29.2 Å². The molecule has 1 aliphatic heterocycles. The molecule has 18 heavy (non-hydrogen) atoms. The molecule has 0 unspecified atom stereocenters. The molecule has 0 spiro atoms. The summed E-state index contributed by atoms with van der Waals surface area (Å²) in [6.07, 6.45) is 3.54. The number of hydrogen-bond donors (Lipinski definition) is 1. The third-order valence-electron chi connectivity index (χ3n) is 3.06. The zero-order valence-electron chi connectivity index (χ0n) is 10.2. The molecule has 2 aromatic rings. The van der Waals surface area contributed by atoms with Gasteiger partial charge in [0.05, 0.1) is 17.2 Å². The Morgan fingerprint density at radius 3 is 2.94 bits per heavy atom. The van der Waals surface area contributed by atoms with E-state index in [9.17, 15) is 0 Å². The molecule has 0 radical (unpaired) electrons. The maximum Gasteiger partial charge on any atom is 0.117 e. The van der Waals surface area contributed by atoms with Crippen LogP contribution in [0.15, 0.2) is 47.7 Å². The Kier molecular flexibility index (Phi) is 2.48. The van der Waals surface area contributed by atoms with Gasteiger partial charge in [-0.1, -0.05) is 6.07 Å². The number of pyridine rings is 1. The summed E-state index contributed by atoms with van der Waals surface area (Å²) in [4.78, 5) is 10.6. The van der Waals surface area contributed by atoms with Gasteiger partial charge < -0.3 is 10.6 Å². The van der Waals surface area contributed by atoms with Gasteiger partial charge in [-0.05, 0) is 36.8 Å². The summed E-state index contributed by atoms with van der Waals surface area (Å²) in [6, 6.07) is 10.0. The predicted molar refractivity (Wildman–Crippen MR) is 71.1 cm³/mol. The molecule has 3 rings (SSSR count). The van der Waals surface area contributed by atoms with Crippen LogP contribution in [0.2, 0.25) is 0 Å². The van der Waals surface area contributed by atoms with Gasteiger partial charge in [0.2, 0.25) is 0 Å². The molecule has 2 heterocycles. The SMILES string of the molecule is Cc1ccc2c(c1)=NCN(c1cccnc1)C=2N. The Labute approximate surface area is 105 Å². The lowest BCUT2D eigenvalue weighted by Crippen LogP contribution is -2.43. The second-order valence-electron chi connectivity index (χ2n) is 4.34. The van der Waals surface area contributed by atoms with Crippen LogP contribution in [0.5, 0.6) is 0 Å². The van der Waals surface area contributed by atoms with Gasteiger partial charge in [0, 0.05) is 11.4 Å². The molecule has 4 heteroatoms. The normalized spacial score (nSPS) is 14.1. The zero-order chi connectivity index (χ0) is 12.5. The Bertz CT molecular complexity index is 691. The maximum atomic E-state index is 6.23. The van der Waals surface area contributed by atoms with Crippen LogP contribution in [0.25, 0.3) is 5.82 Å². The number of hydrogen-bond acceptors (Lipinski definition) is 4. The molecule has 0 amide bonds. The van der Waals surface area contributed by atoms with Crippen LogP contribution < -0.4 is 21.2 Å². The summed E-state index contributed by atoms with van der Waals surface area (Å²) in [5, 5.41) is 1.95. The number of nitrogens with two attached hydrogens (primary N) is 1. The molecule has 4 nitrogen and oxygen atoms in total. The number of fused-ring (bicyclic) bond motifs is 1. The van der Waals surface area contributed by atoms with Crippen molar-refractivity contribution in [3.05, 3.63) is 58.9 Å². The molecule has 0 saturated carbocycles. The third-order valence-corrected chi connectivity index (χ3v) is 3.06. The van der Waals surface area contributed by atoms with Crippen molar-refractivity contribution in [2.75, 3.05) is 11.6 Å². The summed E-state index contributed by atoms with van der Waals surface area (Å²) >= 11 is 0. The van der Waals surface area contributed by atoms with Crippen LogP contribution in [0, 0.1) is 6.92 Å². The van der Waals surface area contributed by atoms with Crippen molar-refractivity contribution in [3.63, 3.8) is 0 Å². The fourth-order valence-electron chi connectivity index (χ4n) is 2.09. The number of aromatic nitrogens is 1. The number of benzene rings is 1. The largest absolute Gasteiger partial charge is 0.384 e. The van der Waals surface area contributed by atoms with Crippen LogP contribution in [0.3, 0.4) is 0 Å². The van der Waals surface area contributed by atoms with Crippen molar-refractivity contribution >= 4 is 11.5 Å². The molecule has 1 aromatic carbocycles. The van der Waals surface area contributed by atoms with Crippen molar-refractivity contribution in [1.82, 2.24) is 4.98 Å². The van der Waals surface area contributed by atoms with Gasteiger partial charge in [-0.2, -0.15) is 0 Å². The molecule has 1 aromatic heterocycles. The monoisotopic (exact) mass is 238 g/mol. The Morgan fingerprint density at radius 1 is 1.28 bits per heavy atom. The molecule has 0 fully saturated rings. The molecule has 0 saturated heterocycles. The van der Waals surface area contributed by atoms with Gasteiger partial charge in [-0.3, -0.25) is 9.98 Å². The highest BCUT2D eigenvalue weighted by molar-refractivity contribution is 5.65. The van der Waals surface area contributed by atoms with E-state index in [-0.39, 0.29) is 0 Å². The van der Waals surface area contributed by atoms with E-state index in [2.05, 4.69) is 23.0 Å². The van der Waals surface area contributed by atoms with E-state index < -0.39 is 0 Å². The summed E-state index contributed by atoms with van der Waals surface area (Å²) in [5.41, 5.74) is 8.39. The molecule has 1 aliphatic rings. The van der Waals surface area contributed by atoms with Crippen molar-refractivity contribution in [2.45, 2.75) is 6.92 Å². The highest BCUT2D eigenvalue weighted by atomic mass is 15.3. The second kappa shape index (κ2) is 4.14. The lowest BCUT2D eigenvalue weighted by molar-refractivity contribution is 0.901. The van der Waals surface area contributed by atoms with E-state index in [1.54, 1.807) is 12.4 Å². The Morgan fingerprint density at radius 2 is 2.17 bits per heavy atom. The zero-order valence-corrected chi connectivity index (χ0v) is 10.2. The summed E-state index contributed by atoms with van der Waals surface area (Å²) in [5.74, 6) is 0.730. The van der Waals surface area contributed by atoms with E-state index in [0.717, 1.165) is 22.1 Å². The lowest BCUT2D eigenvalue weighted by Gasteiger charge is -2.25. The molecule has 0 aliphatic carbocycles. The molecule has 0 bridgehead atoms. The van der Waals surface area contributed by atoms with Crippen LogP contribution >= 0.6 is 0 Å². The average Bonchev–Trinajstić information content (AvgIpc) is 2.40. The Balaban J connectivity index is 2.17. The van der Waals surface area contributed by atoms with Crippen molar-refractivity contribution < 1.29 is 0 Å². The second-order valence-corrected chi connectivity index (χ2v) is 4.34. The van der Waals surface area contributed by atoms with Gasteiger partial charge in [0.15, 0.2) is 0 Å². The third kappa shape index (κ3) is 1.72. The van der Waals surface area contributed by atoms with Crippen LogP contribution in [-0.4, -0.2) is 11.7 Å². The molecular formula is C14H14N4. The summed E-state index contributed by atoms with van der Waals surface area (Å²) in [6.45, 7) is 2.59. The molecular weight excluding hydrogens is 224 g/mol. The maximum absolute atomic E-state index is 6.23. The standard InChI is InChI=1S/C14H14N4/c1-10-4-5-12-13(7-10)17-9-18(14(12)15)11-3-2-6-16-8-11/h2-8H,9,15H2,1H3. The van der Waals surface area contributed by atoms with Gasteiger partial charge in [-0.25, -0.2) is 0 Å². The van der Waals surface area contributed by atoms with Crippen LogP contribution in [0.4, 0.5) is 5.69 Å². The minimum atomic E-state index is 0.536. The number of rotatable bonds is 1. The smallest absolute Gasteiger partial charge is 0.117 e. The van der Waals surface area contributed by atoms with Crippen LogP contribution in [0.1, 0.15) is 5.56 Å². The first-order valence-corrected chi connectivity index (χ1v) is 5.84. The number of nitrogens with zero attached hydrogens (tertiary/aromatic N) is 3. The summed E-state index contributed by atoms with van der Waals surface area (Å²) in [7, 11) is 0. The van der Waals surface area contributed by atoms with Crippen molar-refractivity contribution in [3.8, 4) is 0 Å². The van der Waals surface area contributed by atoms with Gasteiger partial charge in [0.25, 0.3) is 0 Å². The van der Waals surface area contributed by atoms with Gasteiger partial charge in [-0.15, -0.1) is 0 Å². The number of aryl methyl sites for hydroxylation is 1. The minimum Gasteiger partial charge on any atom is -0.384 e. The lowest BCUT2D eigenvalue weighted by atomic mass is 10.2. The van der Waals surface area contributed by atoms with Crippen molar-refractivity contribution in [2.24, 2.45) is 10.7 Å². The molecule has 0 atom stereocenters. The van der Waals surface area contributed by atoms with E-state index >= 15 is 0 Å². The molecule has 2 N–H and O–H groups in total. The fourth-order valence-corrected chi connectivity index (χ4v) is 2.09. The number of anilines is 1. The highest BCUT2D eigenvalue weighted by Crippen LogP contribution is 2.15. The minimum absolute atomic E-state index is 0.536. The first kappa shape index (κ1) is 10.8. The first-order chi connectivity index (χ1) is 8.75. The Hall–Kier alpha value is -2.36. The van der Waals surface area contributed by atoms with E-state index in [4.69, 9.17) is 5.73 Å². The quantitative estimate of drug-likeness (QED) is 0.787. The first-order valence-electron chi connectivity index (χ1n) is 5.84. The predicted octanol–water partition coefficient (Wildman–Crippen LogP) is 0.512. The van der Waals surface area contributed by atoms with E-state index in [0.29, 0.717) is 6.67 Å². The topological polar surface area (TPSA) is 54.5 Å². The van der Waals surface area contributed by atoms with E-state index in [1.165, 1.54) is 5.56 Å². The average molecular weight is 238 g/mol. The van der Waals surface area contributed by atoms with Gasteiger partial charge in [0.1, 0.15) is 12.5 Å². The van der Waals surface area contributed by atoms with Crippen LogP contribution in [-0.2, 0) is 0 Å². The van der Waals surface area contributed by atoms with Crippen molar-refractivity contribution in [1.29, 1.82) is 0 Å². The molecule has 90 valence electrons.